The predicted molar refractivity (Wildman–Crippen MR) is 86.6 cm³/mol. The Morgan fingerprint density at radius 2 is 2.00 bits per heavy atom. The smallest absolute Gasteiger partial charge is 0.107 e. The van der Waals surface area contributed by atoms with Crippen molar-refractivity contribution in [3.63, 3.8) is 0 Å². The van der Waals surface area contributed by atoms with Crippen LogP contribution in [0.4, 0.5) is 0 Å². The van der Waals surface area contributed by atoms with Gasteiger partial charge >= 0.3 is 0 Å². The molecule has 1 aromatic rings. The average Bonchev–Trinajstić information content (AvgIpc) is 2.43. The molecular weight excluding hydrogens is 383 g/mol. The molecule has 0 aromatic carbocycles. The lowest BCUT2D eigenvalue weighted by molar-refractivity contribution is 0.297. The second-order valence-corrected chi connectivity index (χ2v) is 9.49. The van der Waals surface area contributed by atoms with E-state index in [-0.39, 0.29) is 0 Å². The number of hydrogen-bond acceptors (Lipinski definition) is 1. The van der Waals surface area contributed by atoms with Gasteiger partial charge in [0.15, 0.2) is 0 Å². The van der Waals surface area contributed by atoms with Gasteiger partial charge in [-0.15, -0.1) is 11.3 Å². The third-order valence-corrected chi connectivity index (χ3v) is 6.30. The summed E-state index contributed by atoms with van der Waals surface area (Å²) in [4.78, 5) is 1.72. The molecule has 0 aliphatic carbocycles. The van der Waals surface area contributed by atoms with Gasteiger partial charge in [0, 0.05) is 14.2 Å². The van der Waals surface area contributed by atoms with E-state index >= 15 is 0 Å². The summed E-state index contributed by atoms with van der Waals surface area (Å²) in [6.07, 6.45) is 2.40. The minimum Gasteiger partial charge on any atom is -0.126 e. The predicted octanol–water partition coefficient (Wildman–Crippen LogP) is 7.06. The van der Waals surface area contributed by atoms with E-state index < -0.39 is 0 Å². The summed E-state index contributed by atoms with van der Waals surface area (Å²) < 4.78 is 1.85. The van der Waals surface area contributed by atoms with Gasteiger partial charge in [0.1, 0.15) is 4.34 Å². The first-order chi connectivity index (χ1) is 7.69. The maximum absolute atomic E-state index is 6.07. The molecule has 0 bridgehead atoms. The molecule has 0 saturated carbocycles. The van der Waals surface area contributed by atoms with E-state index in [9.17, 15) is 0 Å². The van der Waals surface area contributed by atoms with Crippen molar-refractivity contribution < 1.29 is 0 Å². The summed E-state index contributed by atoms with van der Waals surface area (Å²) in [7, 11) is 0. The molecule has 1 rings (SSSR count). The van der Waals surface area contributed by atoms with Crippen molar-refractivity contribution in [3.8, 4) is 0 Å². The zero-order chi connectivity index (χ0) is 13.2. The van der Waals surface area contributed by atoms with E-state index in [4.69, 9.17) is 11.6 Å². The largest absolute Gasteiger partial charge is 0.126 e. The number of rotatable bonds is 4. The minimum atomic E-state index is 0.403. The molecule has 0 saturated heterocycles. The van der Waals surface area contributed by atoms with Crippen LogP contribution >= 0.6 is 54.8 Å². The van der Waals surface area contributed by atoms with E-state index in [2.05, 4.69) is 65.6 Å². The van der Waals surface area contributed by atoms with Gasteiger partial charge in [-0.2, -0.15) is 0 Å². The number of alkyl halides is 1. The summed E-state index contributed by atoms with van der Waals surface area (Å²) in [5, 5.41) is 0. The molecule has 0 nitrogen and oxygen atoms in total. The van der Waals surface area contributed by atoms with Crippen LogP contribution in [0.5, 0.6) is 0 Å². The summed E-state index contributed by atoms with van der Waals surface area (Å²) in [5.74, 6) is 0.707. The molecule has 0 aliphatic heterocycles. The van der Waals surface area contributed by atoms with Crippen molar-refractivity contribution in [2.45, 2.75) is 45.4 Å². The van der Waals surface area contributed by atoms with Crippen LogP contribution in [-0.2, 0) is 0 Å². The molecule has 4 heteroatoms. The molecule has 2 unspecified atom stereocenters. The minimum absolute atomic E-state index is 0.403. The van der Waals surface area contributed by atoms with Crippen molar-refractivity contribution >= 4 is 54.8 Å². The maximum Gasteiger partial charge on any atom is 0.107 e. The molecule has 17 heavy (non-hydrogen) atoms. The first-order valence-electron chi connectivity index (χ1n) is 5.78. The van der Waals surface area contributed by atoms with Crippen LogP contribution in [0.25, 0.3) is 0 Å². The fourth-order valence-electron chi connectivity index (χ4n) is 2.12. The van der Waals surface area contributed by atoms with Gasteiger partial charge in [0.2, 0.25) is 0 Å². The zero-order valence-electron chi connectivity index (χ0n) is 10.7. The van der Waals surface area contributed by atoms with Gasteiger partial charge in [-0.25, -0.2) is 0 Å². The fraction of sp³-hybridized carbons (Fsp3) is 0.692. The maximum atomic E-state index is 6.07. The van der Waals surface area contributed by atoms with Gasteiger partial charge in [-0.1, -0.05) is 55.2 Å². The molecule has 0 fully saturated rings. The quantitative estimate of drug-likeness (QED) is 0.473. The van der Waals surface area contributed by atoms with Crippen LogP contribution in [0.1, 0.15) is 50.2 Å². The summed E-state index contributed by atoms with van der Waals surface area (Å²) in [6, 6.07) is 2.12. The van der Waals surface area contributed by atoms with E-state index in [0.29, 0.717) is 16.2 Å². The molecule has 1 aromatic heterocycles. The molecule has 0 spiro atoms. The first-order valence-corrected chi connectivity index (χ1v) is 8.68. The lowest BCUT2D eigenvalue weighted by atomic mass is 9.83. The molecule has 0 N–H and O–H groups in total. The van der Waals surface area contributed by atoms with Gasteiger partial charge in [-0.05, 0) is 46.2 Å². The van der Waals surface area contributed by atoms with Crippen molar-refractivity contribution in [1.29, 1.82) is 0 Å². The second kappa shape index (κ2) is 6.40. The molecular formula is C13H19Br2ClS. The summed E-state index contributed by atoms with van der Waals surface area (Å²) in [6.45, 7) is 9.21. The van der Waals surface area contributed by atoms with E-state index in [0.717, 1.165) is 15.2 Å². The monoisotopic (exact) mass is 400 g/mol. The Labute approximate surface area is 130 Å². The Balaban J connectivity index is 2.57. The lowest BCUT2D eigenvalue weighted by Crippen LogP contribution is -2.12. The van der Waals surface area contributed by atoms with Crippen LogP contribution in [-0.4, -0.2) is 0 Å². The topological polar surface area (TPSA) is 0 Å². The van der Waals surface area contributed by atoms with Crippen molar-refractivity contribution in [1.82, 2.24) is 0 Å². The molecule has 0 radical (unpaired) electrons. The van der Waals surface area contributed by atoms with E-state index in [1.165, 1.54) is 11.3 Å². The van der Waals surface area contributed by atoms with Crippen LogP contribution < -0.4 is 0 Å². The Morgan fingerprint density at radius 1 is 1.41 bits per heavy atom. The number of halogens is 3. The van der Waals surface area contributed by atoms with Crippen LogP contribution in [0.3, 0.4) is 0 Å². The highest BCUT2D eigenvalue weighted by Crippen LogP contribution is 2.42. The second-order valence-electron chi connectivity index (χ2n) is 5.84. The third-order valence-electron chi connectivity index (χ3n) is 2.54. The number of hydrogen-bond donors (Lipinski definition) is 0. The standard InChI is InChI=1S/C13H19Br2ClS/c1-8(7-13(2,3)4)5-9(14)11-6-10(15)12(16)17-11/h6,8-9H,5,7H2,1-4H3. The van der Waals surface area contributed by atoms with Crippen molar-refractivity contribution in [2.24, 2.45) is 11.3 Å². The molecule has 2 atom stereocenters. The highest BCUT2D eigenvalue weighted by Gasteiger charge is 2.20. The highest BCUT2D eigenvalue weighted by atomic mass is 79.9. The van der Waals surface area contributed by atoms with E-state index in [1.807, 2.05) is 0 Å². The highest BCUT2D eigenvalue weighted by molar-refractivity contribution is 9.10. The molecule has 1 heterocycles. The normalized spacial score (nSPS) is 15.9. The summed E-state index contributed by atoms with van der Waals surface area (Å²) in [5.41, 5.74) is 0.403. The van der Waals surface area contributed by atoms with Crippen LogP contribution in [0.2, 0.25) is 4.34 Å². The molecule has 0 aliphatic rings. The third kappa shape index (κ3) is 5.63. The molecule has 98 valence electrons. The van der Waals surface area contributed by atoms with E-state index in [1.54, 1.807) is 11.3 Å². The Kier molecular flexibility index (Phi) is 6.03. The SMILES string of the molecule is CC(CC(Br)c1cc(Br)c(Cl)s1)CC(C)(C)C. The fourth-order valence-corrected chi connectivity index (χ4v) is 4.89. The van der Waals surface area contributed by atoms with Crippen LogP contribution in [0.15, 0.2) is 10.5 Å². The Bertz CT molecular complexity index is 348. The zero-order valence-corrected chi connectivity index (χ0v) is 15.4. The van der Waals surface area contributed by atoms with Crippen molar-refractivity contribution in [2.75, 3.05) is 0 Å². The summed E-state index contributed by atoms with van der Waals surface area (Å²) >= 11 is 15.0. The average molecular weight is 403 g/mol. The van der Waals surface area contributed by atoms with Gasteiger partial charge in [-0.3, -0.25) is 0 Å². The Hall–Kier alpha value is 0.950. The number of thiophene rings is 1. The Morgan fingerprint density at radius 3 is 2.41 bits per heavy atom. The van der Waals surface area contributed by atoms with Gasteiger partial charge in [0.25, 0.3) is 0 Å². The van der Waals surface area contributed by atoms with Gasteiger partial charge in [0.05, 0.1) is 0 Å². The van der Waals surface area contributed by atoms with Crippen LogP contribution in [0, 0.1) is 11.3 Å². The van der Waals surface area contributed by atoms with Gasteiger partial charge < -0.3 is 0 Å². The lowest BCUT2D eigenvalue weighted by Gasteiger charge is -2.24. The first kappa shape index (κ1) is 16.0. The van der Waals surface area contributed by atoms with Crippen molar-refractivity contribution in [3.05, 3.63) is 19.8 Å². The molecule has 0 amide bonds.